The van der Waals surface area contributed by atoms with Gasteiger partial charge in [0.2, 0.25) is 0 Å². The van der Waals surface area contributed by atoms with Gasteiger partial charge in [0.15, 0.2) is 5.78 Å². The molecule has 0 N–H and O–H groups in total. The van der Waals surface area contributed by atoms with Crippen LogP contribution in [0.2, 0.25) is 5.02 Å². The summed E-state index contributed by atoms with van der Waals surface area (Å²) >= 11 is 6.64. The van der Waals surface area contributed by atoms with E-state index in [9.17, 15) is 9.18 Å². The van der Waals surface area contributed by atoms with Crippen LogP contribution in [0.3, 0.4) is 0 Å². The molecule has 0 bridgehead atoms. The first-order valence-electron chi connectivity index (χ1n) is 4.41. The number of Topliss-reactive ketones (excluding diaryl/α,β-unsaturated/α-hetero) is 1. The third kappa shape index (κ3) is 2.43. The van der Waals surface area contributed by atoms with Gasteiger partial charge in [0, 0.05) is 11.8 Å². The van der Waals surface area contributed by atoms with Gasteiger partial charge in [0.25, 0.3) is 0 Å². The Kier molecular flexibility index (Phi) is 3.26. The van der Waals surface area contributed by atoms with Crippen molar-refractivity contribution >= 4 is 28.9 Å². The van der Waals surface area contributed by atoms with Crippen molar-refractivity contribution in [2.24, 2.45) is 0 Å². The topological polar surface area (TPSA) is 42.9 Å². The molecule has 82 valence electrons. The Balaban J connectivity index is 2.15. The lowest BCUT2D eigenvalue weighted by Gasteiger charge is -2.00. The first-order chi connectivity index (χ1) is 7.66. The summed E-state index contributed by atoms with van der Waals surface area (Å²) in [5.74, 6) is -0.709. The molecule has 0 saturated heterocycles. The van der Waals surface area contributed by atoms with Gasteiger partial charge in [-0.15, -0.1) is 5.10 Å². The van der Waals surface area contributed by atoms with E-state index in [0.29, 0.717) is 11.3 Å². The van der Waals surface area contributed by atoms with Crippen molar-refractivity contribution in [3.05, 3.63) is 45.7 Å². The van der Waals surface area contributed by atoms with E-state index >= 15 is 0 Å². The number of hydrogen-bond donors (Lipinski definition) is 0. The molecule has 0 saturated carbocycles. The van der Waals surface area contributed by atoms with Crippen LogP contribution in [0.15, 0.2) is 23.6 Å². The number of carbonyl (C=O) groups is 1. The Morgan fingerprint density at radius 2 is 2.31 bits per heavy atom. The molecule has 0 fully saturated rings. The number of carbonyl (C=O) groups excluding carboxylic acids is 1. The highest BCUT2D eigenvalue weighted by molar-refractivity contribution is 7.03. The number of ketones is 1. The first-order valence-corrected chi connectivity index (χ1v) is 5.62. The number of benzene rings is 1. The summed E-state index contributed by atoms with van der Waals surface area (Å²) in [6.45, 7) is 0. The second-order valence-electron chi connectivity index (χ2n) is 3.14. The molecule has 2 aromatic rings. The van der Waals surface area contributed by atoms with Crippen LogP contribution in [0.4, 0.5) is 4.39 Å². The Morgan fingerprint density at radius 3 is 2.94 bits per heavy atom. The summed E-state index contributed by atoms with van der Waals surface area (Å²) in [6, 6.07) is 4.29. The maximum atomic E-state index is 13.1. The standard InChI is InChI=1S/C10H6ClFN2OS/c11-7-2-1-6(3-8(7)12)4-10(15)9-5-16-14-13-9/h1-3,5H,4H2. The largest absolute Gasteiger partial charge is 0.292 e. The number of nitrogens with zero attached hydrogens (tertiary/aromatic N) is 2. The minimum absolute atomic E-state index is 0.0477. The molecule has 1 aromatic carbocycles. The highest BCUT2D eigenvalue weighted by Crippen LogP contribution is 2.16. The summed E-state index contributed by atoms with van der Waals surface area (Å²) in [7, 11) is 0. The molecule has 0 amide bonds. The summed E-state index contributed by atoms with van der Waals surface area (Å²) < 4.78 is 16.7. The molecule has 0 spiro atoms. The van der Waals surface area contributed by atoms with Crippen molar-refractivity contribution in [1.82, 2.24) is 9.59 Å². The van der Waals surface area contributed by atoms with Crippen LogP contribution < -0.4 is 0 Å². The van der Waals surface area contributed by atoms with Crippen LogP contribution >= 0.6 is 23.1 Å². The van der Waals surface area contributed by atoms with E-state index in [1.807, 2.05) is 0 Å². The zero-order valence-electron chi connectivity index (χ0n) is 7.98. The van der Waals surface area contributed by atoms with Crippen LogP contribution in [0.1, 0.15) is 16.1 Å². The number of halogens is 2. The minimum Gasteiger partial charge on any atom is -0.292 e. The smallest absolute Gasteiger partial charge is 0.188 e. The van der Waals surface area contributed by atoms with Crippen molar-refractivity contribution in [3.63, 3.8) is 0 Å². The zero-order chi connectivity index (χ0) is 11.5. The Labute approximate surface area is 100 Å². The Bertz CT molecular complexity index is 516. The van der Waals surface area contributed by atoms with Crippen molar-refractivity contribution in [2.45, 2.75) is 6.42 Å². The van der Waals surface area contributed by atoms with Gasteiger partial charge in [-0.3, -0.25) is 4.79 Å². The Morgan fingerprint density at radius 1 is 1.50 bits per heavy atom. The van der Waals surface area contributed by atoms with Gasteiger partial charge in [-0.25, -0.2) is 4.39 Å². The van der Waals surface area contributed by atoms with Crippen molar-refractivity contribution < 1.29 is 9.18 Å². The van der Waals surface area contributed by atoms with Crippen LogP contribution in [0.5, 0.6) is 0 Å². The quantitative estimate of drug-likeness (QED) is 0.793. The van der Waals surface area contributed by atoms with E-state index in [-0.39, 0.29) is 17.2 Å². The molecule has 6 heteroatoms. The van der Waals surface area contributed by atoms with Gasteiger partial charge in [-0.1, -0.05) is 22.2 Å². The molecule has 0 aliphatic rings. The fraction of sp³-hybridized carbons (Fsp3) is 0.100. The SMILES string of the molecule is O=C(Cc1ccc(Cl)c(F)c1)c1csnn1. The molecule has 0 aliphatic heterocycles. The van der Waals surface area contributed by atoms with E-state index in [0.717, 1.165) is 11.5 Å². The molecular formula is C10H6ClFN2OS. The molecular weight excluding hydrogens is 251 g/mol. The molecule has 3 nitrogen and oxygen atoms in total. The maximum Gasteiger partial charge on any atom is 0.188 e. The summed E-state index contributed by atoms with van der Waals surface area (Å²) in [5, 5.41) is 5.26. The van der Waals surface area contributed by atoms with Crippen LogP contribution in [-0.2, 0) is 6.42 Å². The average molecular weight is 257 g/mol. The molecule has 0 aliphatic carbocycles. The molecule has 0 atom stereocenters. The lowest BCUT2D eigenvalue weighted by molar-refractivity contribution is 0.0988. The normalized spacial score (nSPS) is 10.4. The fourth-order valence-corrected chi connectivity index (χ4v) is 1.79. The molecule has 2 rings (SSSR count). The molecule has 16 heavy (non-hydrogen) atoms. The lowest BCUT2D eigenvalue weighted by Crippen LogP contribution is -2.04. The zero-order valence-corrected chi connectivity index (χ0v) is 9.56. The van der Waals surface area contributed by atoms with Gasteiger partial charge in [0.1, 0.15) is 11.5 Å². The average Bonchev–Trinajstić information content (AvgIpc) is 2.77. The van der Waals surface area contributed by atoms with E-state index in [1.165, 1.54) is 12.1 Å². The van der Waals surface area contributed by atoms with Gasteiger partial charge >= 0.3 is 0 Å². The van der Waals surface area contributed by atoms with E-state index in [1.54, 1.807) is 11.4 Å². The fourth-order valence-electron chi connectivity index (χ4n) is 1.21. The maximum absolute atomic E-state index is 13.1. The Hall–Kier alpha value is -1.33. The van der Waals surface area contributed by atoms with Crippen molar-refractivity contribution in [3.8, 4) is 0 Å². The predicted octanol–water partition coefficient (Wildman–Crippen LogP) is 2.76. The van der Waals surface area contributed by atoms with E-state index in [2.05, 4.69) is 9.59 Å². The molecule has 1 heterocycles. The van der Waals surface area contributed by atoms with Crippen LogP contribution in [0, 0.1) is 5.82 Å². The highest BCUT2D eigenvalue weighted by atomic mass is 35.5. The monoisotopic (exact) mass is 256 g/mol. The third-order valence-corrected chi connectivity index (χ3v) is 2.81. The lowest BCUT2D eigenvalue weighted by atomic mass is 10.1. The minimum atomic E-state index is -0.525. The van der Waals surface area contributed by atoms with Gasteiger partial charge in [-0.2, -0.15) is 0 Å². The predicted molar refractivity (Wildman–Crippen MR) is 59.4 cm³/mol. The van der Waals surface area contributed by atoms with Crippen LogP contribution in [-0.4, -0.2) is 15.4 Å². The van der Waals surface area contributed by atoms with Gasteiger partial charge in [-0.05, 0) is 29.2 Å². The van der Waals surface area contributed by atoms with Gasteiger partial charge < -0.3 is 0 Å². The second kappa shape index (κ2) is 4.67. The highest BCUT2D eigenvalue weighted by Gasteiger charge is 2.11. The third-order valence-electron chi connectivity index (χ3n) is 1.99. The number of hydrogen-bond acceptors (Lipinski definition) is 4. The molecule has 0 radical (unpaired) electrons. The first kappa shape index (κ1) is 11.2. The molecule has 0 unspecified atom stereocenters. The van der Waals surface area contributed by atoms with E-state index in [4.69, 9.17) is 11.6 Å². The van der Waals surface area contributed by atoms with Gasteiger partial charge in [0.05, 0.1) is 5.02 Å². The summed E-state index contributed by atoms with van der Waals surface area (Å²) in [6.07, 6.45) is 0.0967. The van der Waals surface area contributed by atoms with E-state index < -0.39 is 5.82 Å². The second-order valence-corrected chi connectivity index (χ2v) is 4.16. The number of rotatable bonds is 3. The van der Waals surface area contributed by atoms with Crippen molar-refractivity contribution in [2.75, 3.05) is 0 Å². The molecule has 1 aromatic heterocycles. The summed E-state index contributed by atoms with van der Waals surface area (Å²) in [4.78, 5) is 11.6. The van der Waals surface area contributed by atoms with Crippen molar-refractivity contribution in [1.29, 1.82) is 0 Å². The summed E-state index contributed by atoms with van der Waals surface area (Å²) in [5.41, 5.74) is 0.875. The number of aromatic nitrogens is 2. The van der Waals surface area contributed by atoms with Crippen LogP contribution in [0.25, 0.3) is 0 Å².